The molecule has 0 saturated carbocycles. The summed E-state index contributed by atoms with van der Waals surface area (Å²) in [7, 11) is 0. The monoisotopic (exact) mass is 353 g/mol. The molecule has 0 heterocycles. The molecule has 0 fully saturated rings. The van der Waals surface area contributed by atoms with Crippen LogP contribution in [-0.4, -0.2) is 19.4 Å². The van der Waals surface area contributed by atoms with Crippen LogP contribution in [0, 0.1) is 0 Å². The van der Waals surface area contributed by atoms with Gasteiger partial charge in [-0.15, -0.1) is 0 Å². The summed E-state index contributed by atoms with van der Waals surface area (Å²) in [6.45, 7) is 5.94. The highest BCUT2D eigenvalue weighted by Gasteiger charge is 1.96. The van der Waals surface area contributed by atoms with Crippen LogP contribution in [-0.2, 0) is 0 Å². The van der Waals surface area contributed by atoms with E-state index in [1.807, 2.05) is 54.7 Å². The molecule has 0 unspecified atom stereocenters. The number of benzene rings is 2. The molecule has 0 bridgehead atoms. The first-order chi connectivity index (χ1) is 12.8. The van der Waals surface area contributed by atoms with E-state index < -0.39 is 0 Å². The Hall–Kier alpha value is -2.29. The van der Waals surface area contributed by atoms with Crippen LogP contribution in [0.25, 0.3) is 0 Å². The minimum absolute atomic E-state index is 0.775. The number of rotatable bonds is 12. The van der Waals surface area contributed by atoms with E-state index >= 15 is 0 Å². The zero-order valence-corrected chi connectivity index (χ0v) is 16.1. The Balaban J connectivity index is 1.78. The largest absolute Gasteiger partial charge is 0.494 e. The molecule has 140 valence electrons. The van der Waals surface area contributed by atoms with Crippen molar-refractivity contribution in [2.24, 2.45) is 4.99 Å². The summed E-state index contributed by atoms with van der Waals surface area (Å²) >= 11 is 0. The van der Waals surface area contributed by atoms with E-state index in [9.17, 15) is 0 Å². The molecule has 0 aliphatic carbocycles. The van der Waals surface area contributed by atoms with E-state index in [-0.39, 0.29) is 0 Å². The SMILES string of the molecule is CCCCCCOc1ccc(N=Cc2ccc(OCCCC)cc2)cc1. The molecule has 0 N–H and O–H groups in total. The number of aliphatic imine (C=N–C) groups is 1. The van der Waals surface area contributed by atoms with E-state index in [4.69, 9.17) is 9.47 Å². The van der Waals surface area contributed by atoms with E-state index in [0.29, 0.717) is 0 Å². The smallest absolute Gasteiger partial charge is 0.119 e. The van der Waals surface area contributed by atoms with Gasteiger partial charge in [-0.3, -0.25) is 4.99 Å². The third kappa shape index (κ3) is 7.73. The van der Waals surface area contributed by atoms with Crippen molar-refractivity contribution in [1.82, 2.24) is 0 Å². The Kier molecular flexibility index (Phi) is 9.34. The average Bonchev–Trinajstić information content (AvgIpc) is 2.68. The second kappa shape index (κ2) is 12.1. The molecule has 0 spiro atoms. The topological polar surface area (TPSA) is 30.8 Å². The predicted molar refractivity (Wildman–Crippen MR) is 110 cm³/mol. The van der Waals surface area contributed by atoms with Crippen LogP contribution >= 0.6 is 0 Å². The Bertz CT molecular complexity index is 632. The van der Waals surface area contributed by atoms with Gasteiger partial charge in [0, 0.05) is 6.21 Å². The van der Waals surface area contributed by atoms with Crippen LogP contribution < -0.4 is 9.47 Å². The first kappa shape index (κ1) is 20.0. The highest BCUT2D eigenvalue weighted by Crippen LogP contribution is 2.19. The van der Waals surface area contributed by atoms with Crippen LogP contribution in [0.3, 0.4) is 0 Å². The lowest BCUT2D eigenvalue weighted by atomic mass is 10.2. The second-order valence-electron chi connectivity index (χ2n) is 6.43. The maximum absolute atomic E-state index is 5.76. The molecule has 26 heavy (non-hydrogen) atoms. The number of unbranched alkanes of at least 4 members (excludes halogenated alkanes) is 4. The number of nitrogens with zero attached hydrogens (tertiary/aromatic N) is 1. The highest BCUT2D eigenvalue weighted by molar-refractivity contribution is 5.82. The third-order valence-corrected chi connectivity index (χ3v) is 4.11. The second-order valence-corrected chi connectivity index (χ2v) is 6.43. The van der Waals surface area contributed by atoms with Crippen LogP contribution in [0.1, 0.15) is 57.9 Å². The molecule has 2 aromatic rings. The van der Waals surface area contributed by atoms with E-state index in [1.165, 1.54) is 19.3 Å². The Morgan fingerprint density at radius 2 is 1.27 bits per heavy atom. The van der Waals surface area contributed by atoms with Crippen molar-refractivity contribution in [2.45, 2.75) is 52.4 Å². The molecule has 3 nitrogen and oxygen atoms in total. The molecular formula is C23H31NO2. The van der Waals surface area contributed by atoms with Crippen molar-refractivity contribution in [3.05, 3.63) is 54.1 Å². The fraction of sp³-hybridized carbons (Fsp3) is 0.435. The first-order valence-electron chi connectivity index (χ1n) is 9.81. The molecule has 0 saturated heterocycles. The van der Waals surface area contributed by atoms with Gasteiger partial charge in [0.1, 0.15) is 11.5 Å². The van der Waals surface area contributed by atoms with Gasteiger partial charge in [-0.25, -0.2) is 0 Å². The molecule has 0 aliphatic rings. The van der Waals surface area contributed by atoms with E-state index in [1.54, 1.807) is 0 Å². The zero-order chi connectivity index (χ0) is 18.5. The molecule has 0 aromatic heterocycles. The molecule has 2 rings (SSSR count). The molecule has 3 heteroatoms. The molecule has 0 amide bonds. The molecular weight excluding hydrogens is 322 g/mol. The highest BCUT2D eigenvalue weighted by atomic mass is 16.5. The lowest BCUT2D eigenvalue weighted by Gasteiger charge is -2.06. The Labute approximate surface area is 158 Å². The molecule has 0 radical (unpaired) electrons. The van der Waals surface area contributed by atoms with Crippen molar-refractivity contribution in [2.75, 3.05) is 13.2 Å². The predicted octanol–water partition coefficient (Wildman–Crippen LogP) is 6.58. The number of ether oxygens (including phenoxy) is 2. The van der Waals surface area contributed by atoms with Gasteiger partial charge in [-0.2, -0.15) is 0 Å². The summed E-state index contributed by atoms with van der Waals surface area (Å²) in [6, 6.07) is 16.0. The normalized spacial score (nSPS) is 11.0. The lowest BCUT2D eigenvalue weighted by molar-refractivity contribution is 0.305. The van der Waals surface area contributed by atoms with Crippen LogP contribution in [0.5, 0.6) is 11.5 Å². The maximum atomic E-state index is 5.76. The number of hydrogen-bond acceptors (Lipinski definition) is 3. The van der Waals surface area contributed by atoms with Crippen molar-refractivity contribution in [3.63, 3.8) is 0 Å². The van der Waals surface area contributed by atoms with E-state index in [0.717, 1.165) is 55.2 Å². The van der Waals surface area contributed by atoms with Gasteiger partial charge in [0.15, 0.2) is 0 Å². The fourth-order valence-electron chi connectivity index (χ4n) is 2.48. The molecule has 0 atom stereocenters. The Morgan fingerprint density at radius 1 is 0.692 bits per heavy atom. The molecule has 0 aliphatic heterocycles. The van der Waals surface area contributed by atoms with Crippen LogP contribution in [0.15, 0.2) is 53.5 Å². The van der Waals surface area contributed by atoms with Crippen molar-refractivity contribution < 1.29 is 9.47 Å². The minimum atomic E-state index is 0.775. The quantitative estimate of drug-likeness (QED) is 0.319. The number of hydrogen-bond donors (Lipinski definition) is 0. The van der Waals surface area contributed by atoms with Crippen LogP contribution in [0.2, 0.25) is 0 Å². The first-order valence-corrected chi connectivity index (χ1v) is 9.81. The maximum Gasteiger partial charge on any atom is 0.119 e. The van der Waals surface area contributed by atoms with Gasteiger partial charge < -0.3 is 9.47 Å². The van der Waals surface area contributed by atoms with E-state index in [2.05, 4.69) is 18.8 Å². The van der Waals surface area contributed by atoms with Gasteiger partial charge >= 0.3 is 0 Å². The van der Waals surface area contributed by atoms with Crippen molar-refractivity contribution in [3.8, 4) is 11.5 Å². The standard InChI is InChI=1S/C23H31NO2/c1-3-5-7-8-18-26-23-15-11-21(12-16-23)24-19-20-9-13-22(14-10-20)25-17-6-4-2/h9-16,19H,3-8,17-18H2,1-2H3. The summed E-state index contributed by atoms with van der Waals surface area (Å²) in [5, 5.41) is 0. The van der Waals surface area contributed by atoms with Crippen molar-refractivity contribution in [1.29, 1.82) is 0 Å². The fourth-order valence-corrected chi connectivity index (χ4v) is 2.48. The van der Waals surface area contributed by atoms with Gasteiger partial charge in [-0.1, -0.05) is 39.5 Å². The minimum Gasteiger partial charge on any atom is -0.494 e. The zero-order valence-electron chi connectivity index (χ0n) is 16.1. The van der Waals surface area contributed by atoms with Gasteiger partial charge in [-0.05, 0) is 66.9 Å². The summed E-state index contributed by atoms with van der Waals surface area (Å²) in [4.78, 5) is 4.52. The average molecular weight is 354 g/mol. The lowest BCUT2D eigenvalue weighted by Crippen LogP contribution is -1.96. The summed E-state index contributed by atoms with van der Waals surface area (Å²) in [5.74, 6) is 1.82. The third-order valence-electron chi connectivity index (χ3n) is 4.11. The molecule has 2 aromatic carbocycles. The van der Waals surface area contributed by atoms with Gasteiger partial charge in [0.2, 0.25) is 0 Å². The van der Waals surface area contributed by atoms with Gasteiger partial charge in [0.25, 0.3) is 0 Å². The summed E-state index contributed by atoms with van der Waals surface area (Å²) < 4.78 is 11.4. The summed E-state index contributed by atoms with van der Waals surface area (Å²) in [6.07, 6.45) is 8.99. The summed E-state index contributed by atoms with van der Waals surface area (Å²) in [5.41, 5.74) is 1.98. The van der Waals surface area contributed by atoms with Gasteiger partial charge in [0.05, 0.1) is 18.9 Å². The van der Waals surface area contributed by atoms with Crippen molar-refractivity contribution >= 4 is 11.9 Å². The van der Waals surface area contributed by atoms with Crippen LogP contribution in [0.4, 0.5) is 5.69 Å². The Morgan fingerprint density at radius 3 is 1.88 bits per heavy atom.